The molecule has 6 nitrogen and oxygen atoms in total. The van der Waals surface area contributed by atoms with Crippen molar-refractivity contribution in [2.75, 3.05) is 7.11 Å². The van der Waals surface area contributed by atoms with E-state index in [9.17, 15) is 4.79 Å². The standard InChI is InChI=1S/C13H14N4O2/c1-19-11-5-3-2-4-9(11)10-8-17(16-15-10)13(6-7-13)12(14)18/h2-5,8H,6-7H2,1H3,(H2,14,18). The topological polar surface area (TPSA) is 83.0 Å². The molecule has 19 heavy (non-hydrogen) atoms. The van der Waals surface area contributed by atoms with Crippen molar-refractivity contribution in [2.45, 2.75) is 18.4 Å². The van der Waals surface area contributed by atoms with Gasteiger partial charge in [0.2, 0.25) is 5.91 Å². The lowest BCUT2D eigenvalue weighted by atomic mass is 10.1. The highest BCUT2D eigenvalue weighted by atomic mass is 16.5. The second kappa shape index (κ2) is 4.08. The molecule has 0 unspecified atom stereocenters. The highest BCUT2D eigenvalue weighted by Crippen LogP contribution is 2.43. The van der Waals surface area contributed by atoms with Crippen LogP contribution in [-0.2, 0) is 10.3 Å². The number of benzene rings is 1. The van der Waals surface area contributed by atoms with Gasteiger partial charge in [0.25, 0.3) is 0 Å². The maximum atomic E-state index is 11.5. The number of ether oxygens (including phenoxy) is 1. The van der Waals surface area contributed by atoms with E-state index in [0.29, 0.717) is 5.69 Å². The van der Waals surface area contributed by atoms with Crippen LogP contribution in [0.5, 0.6) is 5.75 Å². The summed E-state index contributed by atoms with van der Waals surface area (Å²) in [5.41, 5.74) is 6.26. The number of carbonyl (C=O) groups excluding carboxylic acids is 1. The van der Waals surface area contributed by atoms with Gasteiger partial charge in [0, 0.05) is 5.56 Å². The normalized spacial score (nSPS) is 16.1. The lowest BCUT2D eigenvalue weighted by Gasteiger charge is -2.09. The molecule has 0 atom stereocenters. The molecule has 2 aromatic rings. The van der Waals surface area contributed by atoms with Crippen LogP contribution >= 0.6 is 0 Å². The maximum absolute atomic E-state index is 11.5. The van der Waals surface area contributed by atoms with E-state index in [0.717, 1.165) is 24.2 Å². The van der Waals surface area contributed by atoms with Crippen LogP contribution in [0.2, 0.25) is 0 Å². The third-order valence-electron chi connectivity index (χ3n) is 3.50. The summed E-state index contributed by atoms with van der Waals surface area (Å²) >= 11 is 0. The Kier molecular flexibility index (Phi) is 2.51. The Labute approximate surface area is 110 Å². The van der Waals surface area contributed by atoms with Crippen molar-refractivity contribution in [1.82, 2.24) is 15.0 Å². The number of carbonyl (C=O) groups is 1. The van der Waals surface area contributed by atoms with Crippen LogP contribution in [0, 0.1) is 0 Å². The van der Waals surface area contributed by atoms with E-state index in [1.54, 1.807) is 18.0 Å². The number of aromatic nitrogens is 3. The highest BCUT2D eigenvalue weighted by Gasteiger charge is 2.51. The number of amides is 1. The summed E-state index contributed by atoms with van der Waals surface area (Å²) in [6.07, 6.45) is 3.18. The number of hydrogen-bond acceptors (Lipinski definition) is 4. The van der Waals surface area contributed by atoms with Gasteiger partial charge in [-0.25, -0.2) is 4.68 Å². The summed E-state index contributed by atoms with van der Waals surface area (Å²) < 4.78 is 6.86. The van der Waals surface area contributed by atoms with Crippen LogP contribution in [0.1, 0.15) is 12.8 Å². The largest absolute Gasteiger partial charge is 0.496 e. The Morgan fingerprint density at radius 3 is 2.79 bits per heavy atom. The van der Waals surface area contributed by atoms with Gasteiger partial charge in [-0.2, -0.15) is 0 Å². The van der Waals surface area contributed by atoms with Crippen molar-refractivity contribution in [3.05, 3.63) is 30.5 Å². The van der Waals surface area contributed by atoms with E-state index in [4.69, 9.17) is 10.5 Å². The van der Waals surface area contributed by atoms with E-state index in [1.807, 2.05) is 24.3 Å². The predicted molar refractivity (Wildman–Crippen MR) is 68.4 cm³/mol. The number of nitrogens with two attached hydrogens (primary N) is 1. The van der Waals surface area contributed by atoms with Crippen molar-refractivity contribution >= 4 is 5.91 Å². The molecule has 0 radical (unpaired) electrons. The average Bonchev–Trinajstić information content (AvgIpc) is 3.11. The summed E-state index contributed by atoms with van der Waals surface area (Å²) in [5, 5.41) is 8.14. The van der Waals surface area contributed by atoms with Gasteiger partial charge < -0.3 is 10.5 Å². The van der Waals surface area contributed by atoms with Crippen molar-refractivity contribution in [3.63, 3.8) is 0 Å². The Morgan fingerprint density at radius 1 is 1.42 bits per heavy atom. The fraction of sp³-hybridized carbons (Fsp3) is 0.308. The molecule has 1 fully saturated rings. The van der Waals surface area contributed by atoms with Gasteiger partial charge in [0.1, 0.15) is 17.0 Å². The summed E-state index contributed by atoms with van der Waals surface area (Å²) in [7, 11) is 1.61. The van der Waals surface area contributed by atoms with Crippen molar-refractivity contribution < 1.29 is 9.53 Å². The molecule has 98 valence electrons. The van der Waals surface area contributed by atoms with E-state index >= 15 is 0 Å². The molecule has 1 aromatic heterocycles. The second-order valence-corrected chi connectivity index (χ2v) is 4.64. The first kappa shape index (κ1) is 11.7. The summed E-state index contributed by atoms with van der Waals surface area (Å²) in [6.45, 7) is 0. The average molecular weight is 258 g/mol. The molecule has 3 rings (SSSR count). The minimum absolute atomic E-state index is 0.357. The van der Waals surface area contributed by atoms with Crippen LogP contribution in [-0.4, -0.2) is 28.0 Å². The molecule has 0 spiro atoms. The van der Waals surface area contributed by atoms with Gasteiger partial charge in [-0.05, 0) is 25.0 Å². The summed E-state index contributed by atoms with van der Waals surface area (Å²) in [4.78, 5) is 11.5. The second-order valence-electron chi connectivity index (χ2n) is 4.64. The van der Waals surface area contributed by atoms with Gasteiger partial charge in [0.05, 0.1) is 13.3 Å². The number of rotatable bonds is 4. The minimum Gasteiger partial charge on any atom is -0.496 e. The lowest BCUT2D eigenvalue weighted by molar-refractivity contribution is -0.122. The molecule has 0 saturated heterocycles. The molecule has 0 aliphatic heterocycles. The fourth-order valence-corrected chi connectivity index (χ4v) is 2.16. The Morgan fingerprint density at radius 2 is 2.16 bits per heavy atom. The number of para-hydroxylation sites is 1. The zero-order valence-electron chi connectivity index (χ0n) is 10.5. The number of primary amides is 1. The Balaban J connectivity index is 2.00. The quantitative estimate of drug-likeness (QED) is 0.884. The van der Waals surface area contributed by atoms with Crippen LogP contribution in [0.4, 0.5) is 0 Å². The zero-order chi connectivity index (χ0) is 13.5. The molecular formula is C13H14N4O2. The molecule has 6 heteroatoms. The monoisotopic (exact) mass is 258 g/mol. The number of hydrogen-bond donors (Lipinski definition) is 1. The third kappa shape index (κ3) is 1.76. The first-order chi connectivity index (χ1) is 9.17. The molecule has 1 aliphatic rings. The van der Waals surface area contributed by atoms with Gasteiger partial charge in [0.15, 0.2) is 0 Å². The van der Waals surface area contributed by atoms with Gasteiger partial charge in [-0.1, -0.05) is 17.3 Å². The number of methoxy groups -OCH3 is 1. The molecule has 0 bridgehead atoms. The molecule has 1 amide bonds. The number of nitrogens with zero attached hydrogens (tertiary/aromatic N) is 3. The van der Waals surface area contributed by atoms with E-state index < -0.39 is 5.54 Å². The predicted octanol–water partition coefficient (Wildman–Crippen LogP) is 0.928. The van der Waals surface area contributed by atoms with Gasteiger partial charge >= 0.3 is 0 Å². The SMILES string of the molecule is COc1ccccc1-c1cn(C2(C(N)=O)CC2)nn1. The first-order valence-electron chi connectivity index (χ1n) is 6.03. The van der Waals surface area contributed by atoms with E-state index in [-0.39, 0.29) is 5.91 Å². The zero-order valence-corrected chi connectivity index (χ0v) is 10.5. The molecular weight excluding hydrogens is 244 g/mol. The molecule has 1 heterocycles. The van der Waals surface area contributed by atoms with Gasteiger partial charge in [-0.15, -0.1) is 5.10 Å². The van der Waals surface area contributed by atoms with Crippen molar-refractivity contribution in [2.24, 2.45) is 5.73 Å². The molecule has 1 saturated carbocycles. The lowest BCUT2D eigenvalue weighted by Crippen LogP contribution is -2.34. The molecule has 2 N–H and O–H groups in total. The summed E-state index contributed by atoms with van der Waals surface area (Å²) in [6, 6.07) is 7.54. The molecule has 1 aliphatic carbocycles. The van der Waals surface area contributed by atoms with Gasteiger partial charge in [-0.3, -0.25) is 4.79 Å². The third-order valence-corrected chi connectivity index (χ3v) is 3.50. The van der Waals surface area contributed by atoms with E-state index in [1.165, 1.54) is 0 Å². The van der Waals surface area contributed by atoms with Crippen LogP contribution in [0.3, 0.4) is 0 Å². The van der Waals surface area contributed by atoms with Crippen molar-refractivity contribution in [1.29, 1.82) is 0 Å². The Hall–Kier alpha value is -2.37. The van der Waals surface area contributed by atoms with E-state index in [2.05, 4.69) is 10.3 Å². The minimum atomic E-state index is -0.673. The van der Waals surface area contributed by atoms with Crippen molar-refractivity contribution in [3.8, 4) is 17.0 Å². The van der Waals surface area contributed by atoms with Crippen LogP contribution in [0.25, 0.3) is 11.3 Å². The fourth-order valence-electron chi connectivity index (χ4n) is 2.16. The first-order valence-corrected chi connectivity index (χ1v) is 6.03. The summed E-state index contributed by atoms with van der Waals surface area (Å²) in [5.74, 6) is 0.363. The van der Waals surface area contributed by atoms with Crippen LogP contribution in [0.15, 0.2) is 30.5 Å². The Bertz CT molecular complexity index is 631. The maximum Gasteiger partial charge on any atom is 0.245 e. The highest BCUT2D eigenvalue weighted by molar-refractivity contribution is 5.85. The van der Waals surface area contributed by atoms with Crippen LogP contribution < -0.4 is 10.5 Å². The smallest absolute Gasteiger partial charge is 0.245 e. The molecule has 1 aromatic carbocycles.